The lowest BCUT2D eigenvalue weighted by molar-refractivity contribution is 0.0697. The molecule has 0 aliphatic rings. The monoisotopic (exact) mass is 216 g/mol. The molecule has 5 heteroatoms. The highest BCUT2D eigenvalue weighted by Crippen LogP contribution is 2.15. The third-order valence-electron chi connectivity index (χ3n) is 2.10. The van der Waals surface area contributed by atoms with E-state index in [1.807, 2.05) is 0 Å². The number of carbonyl (C=O) groups is 1. The molecule has 0 aliphatic heterocycles. The summed E-state index contributed by atoms with van der Waals surface area (Å²) in [5.74, 6) is -0.971. The minimum absolute atomic E-state index is 0.216. The van der Waals surface area contributed by atoms with Gasteiger partial charge in [0.1, 0.15) is 0 Å². The van der Waals surface area contributed by atoms with Crippen LogP contribution in [-0.2, 0) is 0 Å². The highest BCUT2D eigenvalue weighted by atomic mass is 16.4. The van der Waals surface area contributed by atoms with Crippen LogP contribution in [0.5, 0.6) is 0 Å². The maximum absolute atomic E-state index is 10.8. The number of H-pyrrole nitrogens is 1. The Morgan fingerprint density at radius 3 is 2.44 bits per heavy atom. The van der Waals surface area contributed by atoms with Crippen LogP contribution in [0.25, 0.3) is 11.3 Å². The second-order valence-corrected chi connectivity index (χ2v) is 3.18. The minimum Gasteiger partial charge on any atom is -0.478 e. The highest BCUT2D eigenvalue weighted by Gasteiger charge is 2.03. The van der Waals surface area contributed by atoms with Crippen molar-refractivity contribution in [2.24, 2.45) is 0 Å². The number of nitrogens with zero attached hydrogens (tertiary/aromatic N) is 1. The zero-order valence-electron chi connectivity index (χ0n) is 8.18. The Morgan fingerprint density at radius 2 is 1.94 bits per heavy atom. The predicted octanol–water partition coefficient (Wildman–Crippen LogP) is 1.14. The molecule has 5 nitrogen and oxygen atoms in total. The summed E-state index contributed by atoms with van der Waals surface area (Å²) in [6.07, 6.45) is 2.67. The van der Waals surface area contributed by atoms with Crippen molar-refractivity contribution in [1.82, 2.24) is 9.97 Å². The Morgan fingerprint density at radius 1 is 1.25 bits per heavy atom. The van der Waals surface area contributed by atoms with Crippen LogP contribution in [0.2, 0.25) is 0 Å². The summed E-state index contributed by atoms with van der Waals surface area (Å²) in [5.41, 5.74) is 1.29. The van der Waals surface area contributed by atoms with Crippen LogP contribution in [0.4, 0.5) is 0 Å². The van der Waals surface area contributed by atoms with Crippen molar-refractivity contribution in [3.05, 3.63) is 52.6 Å². The predicted molar refractivity (Wildman–Crippen MR) is 57.3 cm³/mol. The molecule has 2 N–H and O–H groups in total. The van der Waals surface area contributed by atoms with Crippen molar-refractivity contribution in [3.8, 4) is 11.3 Å². The molecule has 16 heavy (non-hydrogen) atoms. The first-order chi connectivity index (χ1) is 7.66. The normalized spacial score (nSPS) is 10.0. The van der Waals surface area contributed by atoms with Crippen LogP contribution in [0.15, 0.2) is 41.5 Å². The summed E-state index contributed by atoms with van der Waals surface area (Å²) in [4.78, 5) is 27.9. The smallest absolute Gasteiger partial charge is 0.335 e. The number of hydrogen-bond acceptors (Lipinski definition) is 3. The van der Waals surface area contributed by atoms with Gasteiger partial charge < -0.3 is 10.1 Å². The summed E-state index contributed by atoms with van der Waals surface area (Å²) in [6, 6.07) is 6.27. The number of nitrogens with one attached hydrogen (secondary N) is 1. The van der Waals surface area contributed by atoms with E-state index in [4.69, 9.17) is 5.11 Å². The average Bonchev–Trinajstić information content (AvgIpc) is 2.30. The van der Waals surface area contributed by atoms with Crippen molar-refractivity contribution < 1.29 is 9.90 Å². The summed E-state index contributed by atoms with van der Waals surface area (Å²) < 4.78 is 0. The topological polar surface area (TPSA) is 83.0 Å². The molecule has 2 aromatic rings. The maximum Gasteiger partial charge on any atom is 0.335 e. The van der Waals surface area contributed by atoms with Gasteiger partial charge in [0.2, 0.25) is 0 Å². The Kier molecular flexibility index (Phi) is 2.51. The lowest BCUT2D eigenvalue weighted by Crippen LogP contribution is -2.04. The Labute approximate surface area is 90.4 Å². The largest absolute Gasteiger partial charge is 0.478 e. The number of benzene rings is 1. The van der Waals surface area contributed by atoms with Crippen molar-refractivity contribution in [1.29, 1.82) is 0 Å². The number of aromatic carboxylic acids is 1. The standard InChI is InChI=1S/C11H8N2O3/c14-10-6-12-9(5-13-10)7-1-3-8(4-2-7)11(15)16/h1-6H,(H,13,14)(H,15,16). The third-order valence-corrected chi connectivity index (χ3v) is 2.10. The van der Waals surface area contributed by atoms with E-state index in [0.29, 0.717) is 5.69 Å². The Hall–Kier alpha value is -2.43. The molecule has 0 saturated carbocycles. The highest BCUT2D eigenvalue weighted by molar-refractivity contribution is 5.88. The van der Waals surface area contributed by atoms with Crippen molar-refractivity contribution in [2.45, 2.75) is 0 Å². The first-order valence-corrected chi connectivity index (χ1v) is 4.55. The van der Waals surface area contributed by atoms with E-state index in [1.165, 1.54) is 24.5 Å². The first-order valence-electron chi connectivity index (χ1n) is 4.55. The van der Waals surface area contributed by atoms with Gasteiger partial charge in [0, 0.05) is 11.8 Å². The summed E-state index contributed by atoms with van der Waals surface area (Å²) in [6.45, 7) is 0. The number of hydrogen-bond donors (Lipinski definition) is 2. The molecule has 0 amide bonds. The molecule has 2 rings (SSSR count). The number of rotatable bonds is 2. The lowest BCUT2D eigenvalue weighted by Gasteiger charge is -2.00. The third kappa shape index (κ3) is 1.98. The molecule has 0 saturated heterocycles. The summed E-state index contributed by atoms with van der Waals surface area (Å²) >= 11 is 0. The number of carboxylic acid groups (broad SMARTS) is 1. The van der Waals surface area contributed by atoms with Gasteiger partial charge in [-0.05, 0) is 12.1 Å². The quantitative estimate of drug-likeness (QED) is 0.788. The van der Waals surface area contributed by atoms with Crippen LogP contribution in [0, 0.1) is 0 Å². The van der Waals surface area contributed by atoms with E-state index in [-0.39, 0.29) is 11.1 Å². The molecule has 0 fully saturated rings. The average molecular weight is 216 g/mol. The molecule has 1 aromatic heterocycles. The minimum atomic E-state index is -0.971. The van der Waals surface area contributed by atoms with Crippen LogP contribution in [-0.4, -0.2) is 21.0 Å². The first kappa shape index (κ1) is 10.1. The molecule has 0 radical (unpaired) electrons. The molecule has 0 spiro atoms. The van der Waals surface area contributed by atoms with Gasteiger partial charge in [-0.3, -0.25) is 4.79 Å². The van der Waals surface area contributed by atoms with E-state index in [2.05, 4.69) is 9.97 Å². The van der Waals surface area contributed by atoms with Crippen LogP contribution < -0.4 is 5.56 Å². The van der Waals surface area contributed by atoms with E-state index in [1.54, 1.807) is 12.1 Å². The SMILES string of the molecule is O=C(O)c1ccc(-c2c[nH]c(=O)cn2)cc1. The second kappa shape index (κ2) is 3.98. The fourth-order valence-electron chi connectivity index (χ4n) is 1.28. The Bertz CT molecular complexity index is 552. The van der Waals surface area contributed by atoms with Gasteiger partial charge in [0.25, 0.3) is 5.56 Å². The molecule has 80 valence electrons. The van der Waals surface area contributed by atoms with E-state index >= 15 is 0 Å². The van der Waals surface area contributed by atoms with Crippen molar-refractivity contribution in [3.63, 3.8) is 0 Å². The van der Waals surface area contributed by atoms with Gasteiger partial charge in [0.05, 0.1) is 17.5 Å². The van der Waals surface area contributed by atoms with Crippen molar-refractivity contribution in [2.75, 3.05) is 0 Å². The maximum atomic E-state index is 10.8. The van der Waals surface area contributed by atoms with Gasteiger partial charge in [-0.2, -0.15) is 0 Å². The molecule has 0 aliphatic carbocycles. The summed E-state index contributed by atoms with van der Waals surface area (Å²) in [7, 11) is 0. The van der Waals surface area contributed by atoms with Gasteiger partial charge in [-0.25, -0.2) is 9.78 Å². The summed E-state index contributed by atoms with van der Waals surface area (Å²) in [5, 5.41) is 8.72. The molecular formula is C11H8N2O3. The zero-order chi connectivity index (χ0) is 11.5. The van der Waals surface area contributed by atoms with Gasteiger partial charge >= 0.3 is 5.97 Å². The Balaban J connectivity index is 2.38. The fourth-order valence-corrected chi connectivity index (χ4v) is 1.28. The van der Waals surface area contributed by atoms with E-state index < -0.39 is 5.97 Å². The van der Waals surface area contributed by atoms with E-state index in [9.17, 15) is 9.59 Å². The molecule has 1 heterocycles. The zero-order valence-corrected chi connectivity index (χ0v) is 8.18. The van der Waals surface area contributed by atoms with Crippen LogP contribution >= 0.6 is 0 Å². The van der Waals surface area contributed by atoms with Crippen molar-refractivity contribution >= 4 is 5.97 Å². The number of carboxylic acids is 1. The number of aromatic nitrogens is 2. The van der Waals surface area contributed by atoms with Crippen LogP contribution in [0.3, 0.4) is 0 Å². The molecule has 0 unspecified atom stereocenters. The van der Waals surface area contributed by atoms with E-state index in [0.717, 1.165) is 5.56 Å². The molecule has 0 bridgehead atoms. The lowest BCUT2D eigenvalue weighted by atomic mass is 10.1. The molecule has 1 aromatic carbocycles. The van der Waals surface area contributed by atoms with Gasteiger partial charge in [-0.15, -0.1) is 0 Å². The van der Waals surface area contributed by atoms with Gasteiger partial charge in [-0.1, -0.05) is 12.1 Å². The molecular weight excluding hydrogens is 208 g/mol. The van der Waals surface area contributed by atoms with Crippen LogP contribution in [0.1, 0.15) is 10.4 Å². The fraction of sp³-hybridized carbons (Fsp3) is 0. The van der Waals surface area contributed by atoms with Gasteiger partial charge in [0.15, 0.2) is 0 Å². The molecule has 0 atom stereocenters. The second-order valence-electron chi connectivity index (χ2n) is 3.18. The number of aromatic amines is 1.